The van der Waals surface area contributed by atoms with Crippen LogP contribution in [0, 0.1) is 0 Å². The van der Waals surface area contributed by atoms with E-state index in [4.69, 9.17) is 4.42 Å². The van der Waals surface area contributed by atoms with Crippen molar-refractivity contribution in [2.75, 3.05) is 5.32 Å². The summed E-state index contributed by atoms with van der Waals surface area (Å²) in [4.78, 5) is 23.6. The van der Waals surface area contributed by atoms with Crippen LogP contribution >= 0.6 is 0 Å². The Morgan fingerprint density at radius 2 is 1.59 bits per heavy atom. The van der Waals surface area contributed by atoms with Gasteiger partial charge in [-0.3, -0.25) is 14.9 Å². The molecule has 3 rings (SSSR count). The van der Waals surface area contributed by atoms with Crippen molar-refractivity contribution < 1.29 is 22.4 Å². The van der Waals surface area contributed by atoms with Gasteiger partial charge in [0, 0.05) is 11.1 Å². The molecular weight excluding hydrogens is 370 g/mol. The van der Waals surface area contributed by atoms with Crippen molar-refractivity contribution in [2.24, 2.45) is 0 Å². The Labute approximate surface area is 155 Å². The Bertz CT molecular complexity index is 1070. The van der Waals surface area contributed by atoms with Crippen LogP contribution in [-0.4, -0.2) is 30.3 Å². The average Bonchev–Trinajstić information content (AvgIpc) is 3.08. The first-order chi connectivity index (χ1) is 12.8. The van der Waals surface area contributed by atoms with E-state index >= 15 is 0 Å². The second-order valence-electron chi connectivity index (χ2n) is 5.66. The maximum absolute atomic E-state index is 12.3. The van der Waals surface area contributed by atoms with E-state index in [0.29, 0.717) is 5.56 Å². The van der Waals surface area contributed by atoms with Crippen LogP contribution in [0.2, 0.25) is 0 Å². The summed E-state index contributed by atoms with van der Waals surface area (Å²) in [7, 11) is -3.63. The molecule has 0 aliphatic carbocycles. The quantitative estimate of drug-likeness (QED) is 0.647. The Balaban J connectivity index is 1.69. The molecule has 0 fully saturated rings. The predicted molar refractivity (Wildman–Crippen MR) is 96.0 cm³/mol. The molecule has 0 aliphatic heterocycles. The van der Waals surface area contributed by atoms with Crippen molar-refractivity contribution in [3.05, 3.63) is 71.6 Å². The fourth-order valence-electron chi connectivity index (χ4n) is 2.26. The molecule has 27 heavy (non-hydrogen) atoms. The largest absolute Gasteiger partial charge is 0.407 e. The molecule has 0 saturated heterocycles. The molecule has 0 bridgehead atoms. The molecular formula is C18H15N3O5S. The van der Waals surface area contributed by atoms with Crippen LogP contribution in [0.1, 0.15) is 33.5 Å². The van der Waals surface area contributed by atoms with Gasteiger partial charge < -0.3 is 4.42 Å². The summed E-state index contributed by atoms with van der Waals surface area (Å²) >= 11 is 0. The standard InChI is InChI=1S/C18H15N3O5S/c1-12(22)13-7-9-14(10-8-13)17(23)19-18-21-20-16(26-18)11-27(24,25)15-5-3-2-4-6-15/h2-10H,11H2,1H3,(H,19,21,23). The third kappa shape index (κ3) is 4.45. The number of ketones is 1. The molecule has 9 heteroatoms. The van der Waals surface area contributed by atoms with E-state index in [-0.39, 0.29) is 28.1 Å². The second-order valence-corrected chi connectivity index (χ2v) is 7.65. The second kappa shape index (κ2) is 7.50. The molecule has 1 N–H and O–H groups in total. The average molecular weight is 385 g/mol. The van der Waals surface area contributed by atoms with Crippen LogP contribution in [0.3, 0.4) is 0 Å². The molecule has 8 nitrogen and oxygen atoms in total. The fourth-order valence-corrected chi connectivity index (χ4v) is 3.44. The van der Waals surface area contributed by atoms with Gasteiger partial charge in [0.15, 0.2) is 15.6 Å². The van der Waals surface area contributed by atoms with E-state index in [2.05, 4.69) is 15.5 Å². The van der Waals surface area contributed by atoms with Crippen LogP contribution in [0.4, 0.5) is 6.01 Å². The predicted octanol–water partition coefficient (Wildman–Crippen LogP) is 2.50. The van der Waals surface area contributed by atoms with Gasteiger partial charge in [-0.05, 0) is 31.2 Å². The Hall–Kier alpha value is -3.33. The van der Waals surface area contributed by atoms with Gasteiger partial charge in [0.1, 0.15) is 5.75 Å². The summed E-state index contributed by atoms with van der Waals surface area (Å²) in [6.07, 6.45) is 0. The van der Waals surface area contributed by atoms with Crippen molar-refractivity contribution in [3.63, 3.8) is 0 Å². The summed E-state index contributed by atoms with van der Waals surface area (Å²) in [5.74, 6) is -1.25. The van der Waals surface area contributed by atoms with Gasteiger partial charge in [-0.15, -0.1) is 5.10 Å². The molecule has 1 heterocycles. The summed E-state index contributed by atoms with van der Waals surface area (Å²) in [6, 6.07) is 13.7. The van der Waals surface area contributed by atoms with Gasteiger partial charge >= 0.3 is 6.01 Å². The normalized spacial score (nSPS) is 11.1. The molecule has 0 unspecified atom stereocenters. The molecule has 3 aromatic rings. The number of hydrogen-bond donors (Lipinski definition) is 1. The minimum atomic E-state index is -3.63. The summed E-state index contributed by atoms with van der Waals surface area (Å²) < 4.78 is 29.8. The van der Waals surface area contributed by atoms with Gasteiger partial charge in [0.05, 0.1) is 4.90 Å². The van der Waals surface area contributed by atoms with Gasteiger partial charge in [0.2, 0.25) is 5.89 Å². The van der Waals surface area contributed by atoms with Crippen molar-refractivity contribution >= 4 is 27.5 Å². The maximum Gasteiger partial charge on any atom is 0.322 e. The highest BCUT2D eigenvalue weighted by Gasteiger charge is 2.20. The number of sulfone groups is 1. The van der Waals surface area contributed by atoms with E-state index in [1.54, 1.807) is 18.2 Å². The number of rotatable bonds is 6. The third-order valence-corrected chi connectivity index (χ3v) is 5.27. The van der Waals surface area contributed by atoms with Gasteiger partial charge in [-0.2, -0.15) is 0 Å². The zero-order valence-electron chi connectivity index (χ0n) is 14.2. The van der Waals surface area contributed by atoms with Crippen LogP contribution in [0.5, 0.6) is 0 Å². The lowest BCUT2D eigenvalue weighted by Crippen LogP contribution is -2.12. The first-order valence-electron chi connectivity index (χ1n) is 7.88. The van der Waals surface area contributed by atoms with Crippen LogP contribution in [0.25, 0.3) is 0 Å². The molecule has 1 amide bonds. The first-order valence-corrected chi connectivity index (χ1v) is 9.53. The number of amides is 1. The number of nitrogens with zero attached hydrogens (tertiary/aromatic N) is 2. The number of hydrogen-bond acceptors (Lipinski definition) is 7. The third-order valence-electron chi connectivity index (χ3n) is 3.66. The van der Waals surface area contributed by atoms with Crippen molar-refractivity contribution in [2.45, 2.75) is 17.6 Å². The number of Topliss-reactive ketones (excluding diaryl/α,β-unsaturated/α-hetero) is 1. The zero-order chi connectivity index (χ0) is 19.4. The molecule has 0 aliphatic rings. The van der Waals surface area contributed by atoms with Crippen molar-refractivity contribution in [1.29, 1.82) is 0 Å². The number of benzene rings is 2. The van der Waals surface area contributed by atoms with Crippen LogP contribution < -0.4 is 5.32 Å². The fraction of sp³-hybridized carbons (Fsp3) is 0.111. The number of aromatic nitrogens is 2. The minimum Gasteiger partial charge on any atom is -0.407 e. The van der Waals surface area contributed by atoms with E-state index in [1.165, 1.54) is 43.3 Å². The molecule has 0 saturated carbocycles. The SMILES string of the molecule is CC(=O)c1ccc(C(=O)Nc2nnc(CS(=O)(=O)c3ccccc3)o2)cc1. The Morgan fingerprint density at radius 1 is 0.963 bits per heavy atom. The zero-order valence-corrected chi connectivity index (χ0v) is 15.1. The van der Waals surface area contributed by atoms with E-state index in [9.17, 15) is 18.0 Å². The first kappa shape index (κ1) is 18.5. The number of anilines is 1. The molecule has 2 aromatic carbocycles. The van der Waals surface area contributed by atoms with Gasteiger partial charge in [-0.25, -0.2) is 8.42 Å². The van der Waals surface area contributed by atoms with E-state index < -0.39 is 21.5 Å². The van der Waals surface area contributed by atoms with E-state index in [0.717, 1.165) is 0 Å². The lowest BCUT2D eigenvalue weighted by atomic mass is 10.1. The molecule has 0 atom stereocenters. The maximum atomic E-state index is 12.3. The van der Waals surface area contributed by atoms with E-state index in [1.807, 2.05) is 0 Å². The highest BCUT2D eigenvalue weighted by atomic mass is 32.2. The van der Waals surface area contributed by atoms with Crippen LogP contribution in [0.15, 0.2) is 63.9 Å². The minimum absolute atomic E-state index is 0.108. The van der Waals surface area contributed by atoms with Gasteiger partial charge in [0.25, 0.3) is 5.91 Å². The Morgan fingerprint density at radius 3 is 2.22 bits per heavy atom. The molecule has 0 spiro atoms. The van der Waals surface area contributed by atoms with Crippen molar-refractivity contribution in [1.82, 2.24) is 10.2 Å². The number of nitrogens with one attached hydrogen (secondary N) is 1. The van der Waals surface area contributed by atoms with Gasteiger partial charge in [-0.1, -0.05) is 35.4 Å². The summed E-state index contributed by atoms with van der Waals surface area (Å²) in [5, 5.41) is 9.69. The highest BCUT2D eigenvalue weighted by molar-refractivity contribution is 7.90. The summed E-state index contributed by atoms with van der Waals surface area (Å²) in [5.41, 5.74) is 0.773. The molecule has 0 radical (unpaired) electrons. The smallest absolute Gasteiger partial charge is 0.322 e. The summed E-state index contributed by atoms with van der Waals surface area (Å²) in [6.45, 7) is 1.43. The Kier molecular flexibility index (Phi) is 5.13. The topological polar surface area (TPSA) is 119 Å². The van der Waals surface area contributed by atoms with Crippen molar-refractivity contribution in [3.8, 4) is 0 Å². The number of carbonyl (C=O) groups excluding carboxylic acids is 2. The monoisotopic (exact) mass is 385 g/mol. The molecule has 1 aromatic heterocycles. The van der Waals surface area contributed by atoms with Crippen LogP contribution in [-0.2, 0) is 15.6 Å². The highest BCUT2D eigenvalue weighted by Crippen LogP contribution is 2.17. The number of carbonyl (C=O) groups is 2. The molecule has 138 valence electrons. The lowest BCUT2D eigenvalue weighted by molar-refractivity contribution is 0.100. The lowest BCUT2D eigenvalue weighted by Gasteiger charge is -2.02.